The average molecular weight is 457 g/mol. The summed E-state index contributed by atoms with van der Waals surface area (Å²) in [6.45, 7) is 7.21. The van der Waals surface area contributed by atoms with Crippen LogP contribution in [0, 0.1) is 5.92 Å². The van der Waals surface area contributed by atoms with Crippen molar-refractivity contribution in [2.75, 3.05) is 31.1 Å². The Morgan fingerprint density at radius 3 is 2.09 bits per heavy atom. The molecule has 2 aliphatic rings. The number of piperazine rings is 1. The Labute approximate surface area is 186 Å². The third kappa shape index (κ3) is 5.86. The minimum atomic E-state index is -4.44. The number of nitrogens with zero attached hydrogens (tertiary/aromatic N) is 2. The summed E-state index contributed by atoms with van der Waals surface area (Å²) in [5.41, 5.74) is 0.0721. The number of amides is 1. The summed E-state index contributed by atoms with van der Waals surface area (Å²) < 4.78 is 45.6. The first-order chi connectivity index (χ1) is 14.8. The van der Waals surface area contributed by atoms with Crippen molar-refractivity contribution in [1.29, 1.82) is 0 Å². The van der Waals surface area contributed by atoms with E-state index >= 15 is 0 Å². The number of carboxylic acid groups (broad SMARTS) is 1. The molecule has 3 rings (SSSR count). The van der Waals surface area contributed by atoms with Crippen molar-refractivity contribution in [3.05, 3.63) is 29.3 Å². The average Bonchev–Trinajstić information content (AvgIpc) is 2.71. The first-order valence-corrected chi connectivity index (χ1v) is 11.0. The zero-order valence-corrected chi connectivity index (χ0v) is 18.7. The number of carbonyl (C=O) groups excluding carboxylic acids is 1. The lowest BCUT2D eigenvalue weighted by Gasteiger charge is -2.39. The first kappa shape index (κ1) is 24.2. The zero-order chi connectivity index (χ0) is 23.7. The molecule has 9 heteroatoms. The fourth-order valence-corrected chi connectivity index (χ4v) is 4.45. The molecule has 0 bridgehead atoms. The summed E-state index contributed by atoms with van der Waals surface area (Å²) >= 11 is 0. The Balaban J connectivity index is 1.78. The number of halogens is 3. The number of aliphatic carboxylic acids is 1. The van der Waals surface area contributed by atoms with Crippen LogP contribution in [0.4, 0.5) is 23.7 Å². The molecule has 1 aliphatic heterocycles. The summed E-state index contributed by atoms with van der Waals surface area (Å²) in [6, 6.07) is 3.84. The van der Waals surface area contributed by atoms with Gasteiger partial charge >= 0.3 is 18.2 Å². The van der Waals surface area contributed by atoms with Crippen LogP contribution in [0.25, 0.3) is 0 Å². The van der Waals surface area contributed by atoms with Gasteiger partial charge in [-0.15, -0.1) is 0 Å². The number of hydrogen-bond acceptors (Lipinski definition) is 4. The van der Waals surface area contributed by atoms with Gasteiger partial charge in [-0.2, -0.15) is 13.2 Å². The predicted molar refractivity (Wildman–Crippen MR) is 114 cm³/mol. The minimum absolute atomic E-state index is 0.119. The molecule has 32 heavy (non-hydrogen) atoms. The number of hydrogen-bond donors (Lipinski definition) is 1. The quantitative estimate of drug-likeness (QED) is 0.684. The number of rotatable bonds is 3. The molecule has 0 unspecified atom stereocenters. The summed E-state index contributed by atoms with van der Waals surface area (Å²) in [6.07, 6.45) is -2.82. The van der Waals surface area contributed by atoms with E-state index in [2.05, 4.69) is 0 Å². The highest BCUT2D eigenvalue weighted by molar-refractivity contribution is 5.70. The van der Waals surface area contributed by atoms with Gasteiger partial charge in [0.25, 0.3) is 0 Å². The van der Waals surface area contributed by atoms with Gasteiger partial charge in [-0.05, 0) is 76.1 Å². The van der Waals surface area contributed by atoms with Gasteiger partial charge in [0.1, 0.15) is 5.60 Å². The van der Waals surface area contributed by atoms with Crippen LogP contribution in [-0.4, -0.2) is 53.8 Å². The molecule has 1 amide bonds. The lowest BCUT2D eigenvalue weighted by Crippen LogP contribution is -2.50. The van der Waals surface area contributed by atoms with Gasteiger partial charge in [0.15, 0.2) is 0 Å². The number of ether oxygens (including phenoxy) is 1. The van der Waals surface area contributed by atoms with Crippen LogP contribution in [-0.2, 0) is 15.7 Å². The van der Waals surface area contributed by atoms with Gasteiger partial charge in [0, 0.05) is 31.9 Å². The fraction of sp³-hybridized carbons (Fsp3) is 0.652. The molecule has 0 spiro atoms. The van der Waals surface area contributed by atoms with E-state index in [9.17, 15) is 27.9 Å². The molecule has 0 aromatic heterocycles. The number of anilines is 1. The molecule has 6 nitrogen and oxygen atoms in total. The lowest BCUT2D eigenvalue weighted by atomic mass is 9.77. The van der Waals surface area contributed by atoms with Gasteiger partial charge in [-0.25, -0.2) is 4.79 Å². The third-order valence-electron chi connectivity index (χ3n) is 6.14. The Hall–Kier alpha value is -2.45. The van der Waals surface area contributed by atoms with E-state index in [1.165, 1.54) is 12.1 Å². The molecule has 1 saturated heterocycles. The van der Waals surface area contributed by atoms with Gasteiger partial charge in [-0.1, -0.05) is 0 Å². The SMILES string of the molecule is CC(C)(C)OC(=O)N1CCN(c2ccc(C(F)(F)F)cc2[C@H]2CC[C@H](C(=O)O)CC2)CC1. The van der Waals surface area contributed by atoms with Crippen LogP contribution in [0.1, 0.15) is 63.5 Å². The molecule has 0 atom stereocenters. The predicted octanol–water partition coefficient (Wildman–Crippen LogP) is 5.12. The van der Waals surface area contributed by atoms with Crippen LogP contribution in [0.2, 0.25) is 0 Å². The number of carbonyl (C=O) groups is 2. The van der Waals surface area contributed by atoms with Crippen molar-refractivity contribution in [3.63, 3.8) is 0 Å². The maximum atomic E-state index is 13.4. The molecule has 1 aliphatic carbocycles. The lowest BCUT2D eigenvalue weighted by molar-refractivity contribution is -0.142. The summed E-state index contributed by atoms with van der Waals surface area (Å²) in [4.78, 5) is 27.2. The molecule has 0 radical (unpaired) electrons. The molecule has 178 valence electrons. The minimum Gasteiger partial charge on any atom is -0.481 e. The maximum absolute atomic E-state index is 13.4. The Morgan fingerprint density at radius 1 is 1.00 bits per heavy atom. The molecule has 1 heterocycles. The van der Waals surface area contributed by atoms with E-state index in [0.29, 0.717) is 57.4 Å². The van der Waals surface area contributed by atoms with E-state index in [1.54, 1.807) is 25.7 Å². The van der Waals surface area contributed by atoms with E-state index in [1.807, 2.05) is 4.90 Å². The van der Waals surface area contributed by atoms with Gasteiger partial charge in [-0.3, -0.25) is 4.79 Å². The molecule has 1 aromatic rings. The van der Waals surface area contributed by atoms with Crippen molar-refractivity contribution in [1.82, 2.24) is 4.90 Å². The van der Waals surface area contributed by atoms with Gasteiger partial charge in [0.2, 0.25) is 0 Å². The smallest absolute Gasteiger partial charge is 0.416 e. The highest BCUT2D eigenvalue weighted by Crippen LogP contribution is 2.42. The van der Waals surface area contributed by atoms with Crippen molar-refractivity contribution in [2.45, 2.75) is 64.1 Å². The highest BCUT2D eigenvalue weighted by Gasteiger charge is 2.35. The fourth-order valence-electron chi connectivity index (χ4n) is 4.45. The Bertz CT molecular complexity index is 835. The van der Waals surface area contributed by atoms with Crippen molar-refractivity contribution >= 4 is 17.7 Å². The second kappa shape index (κ2) is 9.19. The summed E-state index contributed by atoms with van der Waals surface area (Å²) in [7, 11) is 0. The molecule has 2 fully saturated rings. The first-order valence-electron chi connectivity index (χ1n) is 11.0. The molecule has 1 aromatic carbocycles. The van der Waals surface area contributed by atoms with Crippen LogP contribution in [0.15, 0.2) is 18.2 Å². The highest BCUT2D eigenvalue weighted by atomic mass is 19.4. The normalized spacial score (nSPS) is 22.6. The van der Waals surface area contributed by atoms with E-state index in [0.717, 1.165) is 11.8 Å². The number of carboxylic acids is 1. The van der Waals surface area contributed by atoms with Crippen LogP contribution >= 0.6 is 0 Å². The largest absolute Gasteiger partial charge is 0.481 e. The van der Waals surface area contributed by atoms with Crippen LogP contribution in [0.5, 0.6) is 0 Å². The van der Waals surface area contributed by atoms with Crippen molar-refractivity contribution < 1.29 is 32.6 Å². The van der Waals surface area contributed by atoms with Gasteiger partial charge < -0.3 is 19.6 Å². The van der Waals surface area contributed by atoms with Crippen LogP contribution < -0.4 is 4.90 Å². The van der Waals surface area contributed by atoms with Crippen molar-refractivity contribution in [3.8, 4) is 0 Å². The number of benzene rings is 1. The molecule has 1 saturated carbocycles. The molecule has 1 N–H and O–H groups in total. The van der Waals surface area contributed by atoms with Crippen molar-refractivity contribution in [2.24, 2.45) is 5.92 Å². The monoisotopic (exact) mass is 456 g/mol. The number of alkyl halides is 3. The zero-order valence-electron chi connectivity index (χ0n) is 18.7. The van der Waals surface area contributed by atoms with Gasteiger partial charge in [0.05, 0.1) is 11.5 Å². The van der Waals surface area contributed by atoms with E-state index in [4.69, 9.17) is 4.74 Å². The topological polar surface area (TPSA) is 70.1 Å². The maximum Gasteiger partial charge on any atom is 0.416 e. The summed E-state index contributed by atoms with van der Waals surface area (Å²) in [5.74, 6) is -1.39. The third-order valence-corrected chi connectivity index (χ3v) is 6.14. The standard InChI is InChI=1S/C23H31F3N2O4/c1-22(2,3)32-21(31)28-12-10-27(11-13-28)19-9-8-17(23(24,25)26)14-18(19)15-4-6-16(7-5-15)20(29)30/h8-9,14-16H,4-7,10-13H2,1-3H3,(H,29,30)/t15-,16-. The second-order valence-electron chi connectivity index (χ2n) is 9.61. The van der Waals surface area contributed by atoms with Crippen LogP contribution in [0.3, 0.4) is 0 Å². The summed E-state index contributed by atoms with van der Waals surface area (Å²) in [5, 5.41) is 9.25. The van der Waals surface area contributed by atoms with E-state index < -0.39 is 35.3 Å². The second-order valence-corrected chi connectivity index (χ2v) is 9.61. The Kier molecular flexibility index (Phi) is 6.95. The Morgan fingerprint density at radius 2 is 1.59 bits per heavy atom. The van der Waals surface area contributed by atoms with E-state index in [-0.39, 0.29) is 5.92 Å². The molecular formula is C23H31F3N2O4. The molecular weight excluding hydrogens is 425 g/mol.